The van der Waals surface area contributed by atoms with Crippen LogP contribution in [0.15, 0.2) is 24.4 Å². The normalized spacial score (nSPS) is 20.0. The number of nitrogens with zero attached hydrogens (tertiary/aromatic N) is 3. The Hall–Kier alpha value is -1.70. The van der Waals surface area contributed by atoms with Crippen molar-refractivity contribution in [2.45, 2.75) is 31.7 Å². The lowest BCUT2D eigenvalue weighted by Crippen LogP contribution is -2.39. The number of alkyl halides is 2. The smallest absolute Gasteiger partial charge is 0.275 e. The SMILES string of the molecule is CON(C(=O)c1cn(C)nc1C(F)F)C(C)[C@@H]1C[C@H]1c1ccc(Cl)cc1Cl. The Balaban J connectivity index is 1.79. The van der Waals surface area contributed by atoms with Gasteiger partial charge in [-0.15, -0.1) is 0 Å². The van der Waals surface area contributed by atoms with Crippen molar-refractivity contribution in [3.8, 4) is 0 Å². The highest BCUT2D eigenvalue weighted by molar-refractivity contribution is 6.35. The molecule has 1 fully saturated rings. The number of aromatic nitrogens is 2. The van der Waals surface area contributed by atoms with E-state index in [2.05, 4.69) is 5.10 Å². The molecule has 5 nitrogen and oxygen atoms in total. The Morgan fingerprint density at radius 3 is 2.70 bits per heavy atom. The van der Waals surface area contributed by atoms with Crippen LogP contribution in [0.25, 0.3) is 0 Å². The molecule has 1 aromatic carbocycles. The molecule has 0 aliphatic heterocycles. The molecule has 1 heterocycles. The summed E-state index contributed by atoms with van der Waals surface area (Å²) < 4.78 is 27.6. The van der Waals surface area contributed by atoms with Crippen molar-refractivity contribution in [2.24, 2.45) is 13.0 Å². The predicted molar refractivity (Wildman–Crippen MR) is 98.1 cm³/mol. The van der Waals surface area contributed by atoms with Crippen LogP contribution in [0.2, 0.25) is 10.0 Å². The van der Waals surface area contributed by atoms with Crippen molar-refractivity contribution in [3.05, 3.63) is 51.3 Å². The molecule has 0 saturated heterocycles. The first-order valence-electron chi connectivity index (χ1n) is 8.38. The fraction of sp³-hybridized carbons (Fsp3) is 0.444. The first-order chi connectivity index (χ1) is 12.7. The number of hydrogen-bond donors (Lipinski definition) is 0. The van der Waals surface area contributed by atoms with E-state index < -0.39 is 18.0 Å². The highest BCUT2D eigenvalue weighted by Gasteiger charge is 2.47. The number of carbonyl (C=O) groups is 1. The molecule has 1 saturated carbocycles. The van der Waals surface area contributed by atoms with Gasteiger partial charge in [0, 0.05) is 23.3 Å². The third kappa shape index (κ3) is 3.95. The van der Waals surface area contributed by atoms with Crippen LogP contribution in [-0.4, -0.2) is 33.9 Å². The molecule has 146 valence electrons. The molecule has 1 amide bonds. The minimum absolute atomic E-state index is 0.0965. The minimum Gasteiger partial charge on any atom is -0.275 e. The predicted octanol–water partition coefficient (Wildman–Crippen LogP) is 4.86. The summed E-state index contributed by atoms with van der Waals surface area (Å²) in [6.07, 6.45) is -0.756. The van der Waals surface area contributed by atoms with Crippen molar-refractivity contribution in [2.75, 3.05) is 7.11 Å². The Morgan fingerprint density at radius 1 is 1.41 bits per heavy atom. The maximum Gasteiger partial charge on any atom is 0.282 e. The van der Waals surface area contributed by atoms with Crippen LogP contribution in [0.3, 0.4) is 0 Å². The van der Waals surface area contributed by atoms with E-state index >= 15 is 0 Å². The van der Waals surface area contributed by atoms with Crippen molar-refractivity contribution >= 4 is 29.1 Å². The van der Waals surface area contributed by atoms with Crippen LogP contribution in [0.1, 0.15) is 47.3 Å². The summed E-state index contributed by atoms with van der Waals surface area (Å²) in [4.78, 5) is 18.1. The fourth-order valence-corrected chi connectivity index (χ4v) is 4.01. The van der Waals surface area contributed by atoms with Gasteiger partial charge in [-0.1, -0.05) is 29.3 Å². The molecule has 1 unspecified atom stereocenters. The van der Waals surface area contributed by atoms with Gasteiger partial charge in [0.2, 0.25) is 0 Å². The average molecular weight is 418 g/mol. The summed E-state index contributed by atoms with van der Waals surface area (Å²) in [5.41, 5.74) is 0.240. The summed E-state index contributed by atoms with van der Waals surface area (Å²) in [5.74, 6) is -0.390. The summed E-state index contributed by atoms with van der Waals surface area (Å²) in [6, 6.07) is 5.00. The number of benzene rings is 1. The van der Waals surface area contributed by atoms with Gasteiger partial charge in [-0.05, 0) is 42.9 Å². The Morgan fingerprint density at radius 2 is 2.11 bits per heavy atom. The van der Waals surface area contributed by atoms with Crippen LogP contribution in [0.5, 0.6) is 0 Å². The lowest BCUT2D eigenvalue weighted by Gasteiger charge is -2.27. The van der Waals surface area contributed by atoms with E-state index in [0.29, 0.717) is 10.0 Å². The minimum atomic E-state index is -2.85. The maximum atomic E-state index is 13.2. The lowest BCUT2D eigenvalue weighted by atomic mass is 10.1. The van der Waals surface area contributed by atoms with Crippen molar-refractivity contribution in [3.63, 3.8) is 0 Å². The largest absolute Gasteiger partial charge is 0.282 e. The summed E-state index contributed by atoms with van der Waals surface area (Å²) in [5, 5.41) is 5.95. The topological polar surface area (TPSA) is 47.4 Å². The van der Waals surface area contributed by atoms with Gasteiger partial charge < -0.3 is 0 Å². The standard InChI is InChI=1S/C18H19Cl2F2N3O2/c1-9(12-7-13(12)11-5-4-10(19)6-15(11)20)25(27-3)18(26)14-8-24(2)23-16(14)17(21)22/h4-6,8-9,12-13,17H,7H2,1-3H3/t9?,12-,13-/m0/s1. The van der Waals surface area contributed by atoms with E-state index in [-0.39, 0.29) is 23.4 Å². The van der Waals surface area contributed by atoms with E-state index in [1.165, 1.54) is 25.0 Å². The molecule has 0 radical (unpaired) electrons. The van der Waals surface area contributed by atoms with Gasteiger partial charge in [-0.2, -0.15) is 5.10 Å². The second-order valence-electron chi connectivity index (χ2n) is 6.63. The van der Waals surface area contributed by atoms with Crippen molar-refractivity contribution in [1.29, 1.82) is 0 Å². The number of hydrogen-bond acceptors (Lipinski definition) is 3. The van der Waals surface area contributed by atoms with E-state index in [1.54, 1.807) is 12.1 Å². The Bertz CT molecular complexity index is 859. The molecule has 0 spiro atoms. The van der Waals surface area contributed by atoms with Crippen LogP contribution < -0.4 is 0 Å². The fourth-order valence-electron chi connectivity index (χ4n) is 3.47. The van der Waals surface area contributed by atoms with Gasteiger partial charge in [0.05, 0.1) is 18.7 Å². The highest BCUT2D eigenvalue weighted by atomic mass is 35.5. The van der Waals surface area contributed by atoms with Gasteiger partial charge in [-0.3, -0.25) is 14.3 Å². The quantitative estimate of drug-likeness (QED) is 0.630. The van der Waals surface area contributed by atoms with Gasteiger partial charge >= 0.3 is 0 Å². The monoisotopic (exact) mass is 417 g/mol. The molecular formula is C18H19Cl2F2N3O2. The van der Waals surface area contributed by atoms with Crippen LogP contribution >= 0.6 is 23.2 Å². The highest BCUT2D eigenvalue weighted by Crippen LogP contribution is 2.53. The Labute approximate surface area is 165 Å². The first kappa shape index (κ1) is 20.0. The molecule has 2 aromatic rings. The zero-order chi connectivity index (χ0) is 19.9. The summed E-state index contributed by atoms with van der Waals surface area (Å²) in [7, 11) is 2.84. The molecule has 1 aliphatic carbocycles. The maximum absolute atomic E-state index is 13.2. The average Bonchev–Trinajstić information content (AvgIpc) is 3.28. The van der Waals surface area contributed by atoms with Gasteiger partial charge in [-0.25, -0.2) is 13.8 Å². The summed E-state index contributed by atoms with van der Waals surface area (Å²) >= 11 is 12.2. The molecule has 3 atom stereocenters. The molecule has 0 bridgehead atoms. The second-order valence-corrected chi connectivity index (χ2v) is 7.47. The zero-order valence-electron chi connectivity index (χ0n) is 15.0. The number of hydroxylamine groups is 2. The van der Waals surface area contributed by atoms with Crippen molar-refractivity contribution < 1.29 is 18.4 Å². The third-order valence-corrected chi connectivity index (χ3v) is 5.45. The molecule has 1 aliphatic rings. The lowest BCUT2D eigenvalue weighted by molar-refractivity contribution is -0.124. The molecular weight excluding hydrogens is 399 g/mol. The van der Waals surface area contributed by atoms with E-state index in [4.69, 9.17) is 28.0 Å². The molecule has 0 N–H and O–H groups in total. The third-order valence-electron chi connectivity index (χ3n) is 4.88. The Kier molecular flexibility index (Phi) is 5.74. The molecule has 3 rings (SSSR count). The number of rotatable bonds is 6. The van der Waals surface area contributed by atoms with E-state index in [0.717, 1.165) is 17.0 Å². The van der Waals surface area contributed by atoms with Crippen LogP contribution in [0, 0.1) is 5.92 Å². The van der Waals surface area contributed by atoms with Crippen LogP contribution in [-0.2, 0) is 11.9 Å². The molecule has 1 aromatic heterocycles. The zero-order valence-corrected chi connectivity index (χ0v) is 16.5. The van der Waals surface area contributed by atoms with Gasteiger partial charge in [0.1, 0.15) is 5.69 Å². The second kappa shape index (κ2) is 7.73. The van der Waals surface area contributed by atoms with Crippen molar-refractivity contribution in [1.82, 2.24) is 14.8 Å². The molecule has 9 heteroatoms. The first-order valence-corrected chi connectivity index (χ1v) is 9.14. The number of aryl methyl sites for hydroxylation is 1. The van der Waals surface area contributed by atoms with E-state index in [1.807, 2.05) is 13.0 Å². The number of halogens is 4. The number of carbonyl (C=O) groups excluding carboxylic acids is 1. The summed E-state index contributed by atoms with van der Waals surface area (Å²) in [6.45, 7) is 1.83. The van der Waals surface area contributed by atoms with Gasteiger partial charge in [0.25, 0.3) is 12.3 Å². The van der Waals surface area contributed by atoms with Crippen LogP contribution in [0.4, 0.5) is 8.78 Å². The number of amides is 1. The molecule has 27 heavy (non-hydrogen) atoms. The van der Waals surface area contributed by atoms with E-state index in [9.17, 15) is 13.6 Å². The van der Waals surface area contributed by atoms with Gasteiger partial charge in [0.15, 0.2) is 0 Å².